The van der Waals surface area contributed by atoms with Crippen LogP contribution in [0.15, 0.2) is 218 Å². The lowest BCUT2D eigenvalue weighted by molar-refractivity contribution is 1.25. The Kier molecular flexibility index (Phi) is 8.90. The zero-order valence-electron chi connectivity index (χ0n) is 29.6. The van der Waals surface area contributed by atoms with Crippen molar-refractivity contribution in [2.24, 2.45) is 0 Å². The molecule has 0 saturated heterocycles. The van der Waals surface area contributed by atoms with Gasteiger partial charge < -0.3 is 9.80 Å². The topological polar surface area (TPSA) is 32.3 Å². The van der Waals surface area contributed by atoms with E-state index in [-0.39, 0.29) is 0 Å². The lowest BCUT2D eigenvalue weighted by Gasteiger charge is -2.28. The van der Waals surface area contributed by atoms with Crippen LogP contribution in [0.25, 0.3) is 44.7 Å². The van der Waals surface area contributed by atoms with Gasteiger partial charge in [-0.05, 0) is 96.1 Å². The van der Waals surface area contributed by atoms with Crippen LogP contribution < -0.4 is 9.80 Å². The summed E-state index contributed by atoms with van der Waals surface area (Å²) in [4.78, 5) is 15.1. The van der Waals surface area contributed by atoms with Crippen LogP contribution in [0.4, 0.5) is 34.1 Å². The van der Waals surface area contributed by atoms with E-state index in [4.69, 9.17) is 9.97 Å². The highest BCUT2D eigenvalue weighted by molar-refractivity contribution is 5.92. The maximum Gasteiger partial charge on any atom is 0.0979 e. The predicted molar refractivity (Wildman–Crippen MR) is 225 cm³/mol. The van der Waals surface area contributed by atoms with Crippen LogP contribution >= 0.6 is 0 Å². The Morgan fingerprint density at radius 1 is 0.241 bits per heavy atom. The quantitative estimate of drug-likeness (QED) is 0.151. The molecule has 256 valence electrons. The van der Waals surface area contributed by atoms with Gasteiger partial charge in [-0.15, -0.1) is 0 Å². The summed E-state index contributed by atoms with van der Waals surface area (Å²) in [6.07, 6.45) is 0. The van der Waals surface area contributed by atoms with Crippen molar-refractivity contribution in [3.63, 3.8) is 0 Å². The first-order chi connectivity index (χ1) is 26.8. The van der Waals surface area contributed by atoms with E-state index >= 15 is 0 Å². The van der Waals surface area contributed by atoms with Crippen LogP contribution in [0.2, 0.25) is 0 Å². The molecule has 0 atom stereocenters. The van der Waals surface area contributed by atoms with Gasteiger partial charge in [0, 0.05) is 45.3 Å². The van der Waals surface area contributed by atoms with Gasteiger partial charge in [-0.25, -0.2) is 9.97 Å². The van der Waals surface area contributed by atoms with E-state index in [9.17, 15) is 0 Å². The summed E-state index contributed by atoms with van der Waals surface area (Å²) in [5.41, 5.74) is 14.2. The Morgan fingerprint density at radius 3 is 1.04 bits per heavy atom. The van der Waals surface area contributed by atoms with Gasteiger partial charge in [-0.1, -0.05) is 133 Å². The summed E-state index contributed by atoms with van der Waals surface area (Å²) in [7, 11) is 0. The maximum atomic E-state index is 5.25. The van der Waals surface area contributed by atoms with Gasteiger partial charge in [0.2, 0.25) is 0 Å². The largest absolute Gasteiger partial charge is 0.311 e. The van der Waals surface area contributed by atoms with Crippen molar-refractivity contribution >= 4 is 45.2 Å². The van der Waals surface area contributed by atoms with E-state index in [0.717, 1.165) is 78.8 Å². The molecule has 0 aliphatic heterocycles. The number of para-hydroxylation sites is 5. The van der Waals surface area contributed by atoms with Crippen molar-refractivity contribution < 1.29 is 0 Å². The summed E-state index contributed by atoms with van der Waals surface area (Å²) in [5.74, 6) is 0. The van der Waals surface area contributed by atoms with E-state index in [2.05, 4.69) is 198 Å². The Labute approximate surface area is 315 Å². The molecule has 9 aromatic rings. The van der Waals surface area contributed by atoms with Crippen LogP contribution in [-0.4, -0.2) is 9.97 Å². The third-order valence-corrected chi connectivity index (χ3v) is 9.65. The van der Waals surface area contributed by atoms with E-state index in [1.54, 1.807) is 0 Å². The summed E-state index contributed by atoms with van der Waals surface area (Å²) >= 11 is 0. The molecule has 9 rings (SSSR count). The molecule has 0 amide bonds. The fraction of sp³-hybridized carbons (Fsp3) is 0. The number of hydrogen-bond acceptors (Lipinski definition) is 4. The average Bonchev–Trinajstić information content (AvgIpc) is 3.26. The number of anilines is 6. The van der Waals surface area contributed by atoms with Gasteiger partial charge in [0.1, 0.15) is 0 Å². The molecule has 0 N–H and O–H groups in total. The van der Waals surface area contributed by atoms with Crippen LogP contribution in [0.5, 0.6) is 0 Å². The molecule has 0 aliphatic rings. The van der Waals surface area contributed by atoms with Crippen molar-refractivity contribution in [1.29, 1.82) is 0 Å². The first kappa shape index (κ1) is 32.6. The van der Waals surface area contributed by atoms with Crippen molar-refractivity contribution in [3.8, 4) is 33.6 Å². The molecule has 0 spiro atoms. The molecule has 4 heteroatoms. The van der Waals surface area contributed by atoms with Crippen molar-refractivity contribution in [1.82, 2.24) is 9.97 Å². The summed E-state index contributed by atoms with van der Waals surface area (Å²) in [6, 6.07) is 76.0. The summed E-state index contributed by atoms with van der Waals surface area (Å²) in [5, 5.41) is 0. The molecule has 0 unspecified atom stereocenters. The molecule has 0 radical (unpaired) electrons. The second kappa shape index (κ2) is 14.7. The standard InChI is InChI=1S/C50H36N4/c1-5-17-37(18-6-1)45-25-13-14-26-46(45)50-49(51-47-27-15-16-28-48(47)52-50)38-29-31-42(32-30-38)54(41-23-11-4-12-24-41)44-35-33-43(34-36-44)53(39-19-7-2-8-20-39)40-21-9-3-10-22-40/h1-36H. The minimum Gasteiger partial charge on any atom is -0.311 e. The van der Waals surface area contributed by atoms with Crippen molar-refractivity contribution in [2.45, 2.75) is 0 Å². The third-order valence-electron chi connectivity index (χ3n) is 9.65. The number of fused-ring (bicyclic) bond motifs is 1. The number of nitrogens with zero attached hydrogens (tertiary/aromatic N) is 4. The van der Waals surface area contributed by atoms with Crippen LogP contribution in [0.3, 0.4) is 0 Å². The minimum absolute atomic E-state index is 0.848. The van der Waals surface area contributed by atoms with Gasteiger partial charge in [-0.2, -0.15) is 0 Å². The molecular weight excluding hydrogens is 657 g/mol. The van der Waals surface area contributed by atoms with Gasteiger partial charge in [0.05, 0.1) is 22.4 Å². The highest BCUT2D eigenvalue weighted by Crippen LogP contribution is 2.41. The van der Waals surface area contributed by atoms with Gasteiger partial charge in [-0.3, -0.25) is 0 Å². The molecular formula is C50H36N4. The molecule has 4 nitrogen and oxygen atoms in total. The molecule has 54 heavy (non-hydrogen) atoms. The van der Waals surface area contributed by atoms with E-state index in [0.29, 0.717) is 0 Å². The van der Waals surface area contributed by atoms with E-state index < -0.39 is 0 Å². The third kappa shape index (κ3) is 6.49. The van der Waals surface area contributed by atoms with Gasteiger partial charge in [0.25, 0.3) is 0 Å². The predicted octanol–water partition coefficient (Wildman–Crippen LogP) is 13.6. The zero-order valence-corrected chi connectivity index (χ0v) is 29.6. The first-order valence-corrected chi connectivity index (χ1v) is 18.2. The Hall–Kier alpha value is -7.30. The van der Waals surface area contributed by atoms with Crippen molar-refractivity contribution in [2.75, 3.05) is 9.80 Å². The van der Waals surface area contributed by atoms with Crippen LogP contribution in [0, 0.1) is 0 Å². The van der Waals surface area contributed by atoms with E-state index in [1.165, 1.54) is 0 Å². The second-order valence-corrected chi connectivity index (χ2v) is 13.1. The number of aromatic nitrogens is 2. The molecule has 1 heterocycles. The SMILES string of the molecule is c1ccc(-c2ccccc2-c2nc3ccccc3nc2-c2ccc(N(c3ccccc3)c3ccc(N(c4ccccc4)c4ccccc4)cc3)cc2)cc1. The molecule has 0 bridgehead atoms. The first-order valence-electron chi connectivity index (χ1n) is 18.2. The summed E-state index contributed by atoms with van der Waals surface area (Å²) in [6.45, 7) is 0. The highest BCUT2D eigenvalue weighted by Gasteiger charge is 2.19. The fourth-order valence-electron chi connectivity index (χ4n) is 7.09. The minimum atomic E-state index is 0.848. The van der Waals surface area contributed by atoms with Crippen molar-refractivity contribution in [3.05, 3.63) is 218 Å². The van der Waals surface area contributed by atoms with Crippen LogP contribution in [-0.2, 0) is 0 Å². The molecule has 0 fully saturated rings. The lowest BCUT2D eigenvalue weighted by Crippen LogP contribution is -2.12. The van der Waals surface area contributed by atoms with Crippen LogP contribution in [0.1, 0.15) is 0 Å². The number of benzene rings is 8. The smallest absolute Gasteiger partial charge is 0.0979 e. The average molecular weight is 693 g/mol. The lowest BCUT2D eigenvalue weighted by atomic mass is 9.94. The monoisotopic (exact) mass is 692 g/mol. The number of hydrogen-bond donors (Lipinski definition) is 0. The fourth-order valence-corrected chi connectivity index (χ4v) is 7.09. The Morgan fingerprint density at radius 2 is 0.574 bits per heavy atom. The Balaban J connectivity index is 1.12. The molecule has 8 aromatic carbocycles. The second-order valence-electron chi connectivity index (χ2n) is 13.1. The van der Waals surface area contributed by atoms with E-state index in [1.807, 2.05) is 30.3 Å². The number of rotatable bonds is 9. The Bertz CT molecular complexity index is 2590. The normalized spacial score (nSPS) is 11.0. The zero-order chi connectivity index (χ0) is 36.1. The highest BCUT2D eigenvalue weighted by atomic mass is 15.2. The van der Waals surface area contributed by atoms with Gasteiger partial charge >= 0.3 is 0 Å². The van der Waals surface area contributed by atoms with Gasteiger partial charge in [0.15, 0.2) is 0 Å². The molecule has 0 aliphatic carbocycles. The summed E-state index contributed by atoms with van der Waals surface area (Å²) < 4.78 is 0. The molecule has 1 aromatic heterocycles. The molecule has 0 saturated carbocycles. The maximum absolute atomic E-state index is 5.25.